The van der Waals surface area contributed by atoms with Crippen molar-refractivity contribution in [1.82, 2.24) is 4.90 Å². The van der Waals surface area contributed by atoms with Gasteiger partial charge in [0.25, 0.3) is 5.91 Å². The molecule has 1 rings (SSSR count). The van der Waals surface area contributed by atoms with Crippen LogP contribution in [0.2, 0.25) is 5.02 Å². The first kappa shape index (κ1) is 10.9. The van der Waals surface area contributed by atoms with Crippen molar-refractivity contribution in [1.29, 1.82) is 0 Å². The van der Waals surface area contributed by atoms with Gasteiger partial charge >= 0.3 is 0 Å². The molecule has 0 aliphatic heterocycles. The molecule has 0 radical (unpaired) electrons. The van der Waals surface area contributed by atoms with E-state index in [4.69, 9.17) is 16.3 Å². The summed E-state index contributed by atoms with van der Waals surface area (Å²) in [5.74, 6) is 0.439. The minimum absolute atomic E-state index is 0.0106. The highest BCUT2D eigenvalue weighted by atomic mass is 35.5. The first-order chi connectivity index (χ1) is 6.61. The van der Waals surface area contributed by atoms with Gasteiger partial charge in [0.15, 0.2) is 6.61 Å². The van der Waals surface area contributed by atoms with Crippen molar-refractivity contribution < 1.29 is 9.53 Å². The molecular formula is C10H12ClNO2. The molecule has 0 spiro atoms. The lowest BCUT2D eigenvalue weighted by molar-refractivity contribution is -0.130. The molecule has 0 unspecified atom stereocenters. The Morgan fingerprint density at radius 3 is 2.64 bits per heavy atom. The van der Waals surface area contributed by atoms with E-state index in [-0.39, 0.29) is 12.5 Å². The van der Waals surface area contributed by atoms with Crippen LogP contribution in [0.3, 0.4) is 0 Å². The molecule has 0 aromatic heterocycles. The number of carbonyl (C=O) groups is 1. The van der Waals surface area contributed by atoms with Crippen molar-refractivity contribution in [3.63, 3.8) is 0 Å². The zero-order chi connectivity index (χ0) is 10.6. The van der Waals surface area contributed by atoms with Crippen LogP contribution in [0.4, 0.5) is 0 Å². The van der Waals surface area contributed by atoms with E-state index in [1.807, 2.05) is 6.07 Å². The lowest BCUT2D eigenvalue weighted by Gasteiger charge is -2.11. The van der Waals surface area contributed by atoms with E-state index in [9.17, 15) is 4.79 Å². The van der Waals surface area contributed by atoms with E-state index in [0.717, 1.165) is 0 Å². The number of nitrogens with zero attached hydrogens (tertiary/aromatic N) is 1. The SMILES string of the molecule is CN(C)C(=O)COc1ccccc1Cl. The van der Waals surface area contributed by atoms with Crippen LogP contribution < -0.4 is 4.74 Å². The second kappa shape index (κ2) is 4.86. The predicted octanol–water partition coefficient (Wildman–Crippen LogP) is 1.81. The van der Waals surface area contributed by atoms with Crippen molar-refractivity contribution in [2.45, 2.75) is 0 Å². The summed E-state index contributed by atoms with van der Waals surface area (Å²) in [7, 11) is 3.36. The summed E-state index contributed by atoms with van der Waals surface area (Å²) in [6.45, 7) is 0.0106. The molecule has 1 aromatic rings. The zero-order valence-electron chi connectivity index (χ0n) is 8.16. The number of carbonyl (C=O) groups excluding carboxylic acids is 1. The first-order valence-corrected chi connectivity index (χ1v) is 4.56. The fraction of sp³-hybridized carbons (Fsp3) is 0.300. The van der Waals surface area contributed by atoms with Crippen LogP contribution >= 0.6 is 11.6 Å². The van der Waals surface area contributed by atoms with Crippen LogP contribution in [0.15, 0.2) is 24.3 Å². The fourth-order valence-corrected chi connectivity index (χ4v) is 1.02. The van der Waals surface area contributed by atoms with Crippen molar-refractivity contribution in [2.75, 3.05) is 20.7 Å². The van der Waals surface area contributed by atoms with E-state index >= 15 is 0 Å². The van der Waals surface area contributed by atoms with Crippen LogP contribution in [0.5, 0.6) is 5.75 Å². The Bertz CT molecular complexity index is 326. The van der Waals surface area contributed by atoms with Gasteiger partial charge in [-0.25, -0.2) is 0 Å². The van der Waals surface area contributed by atoms with Gasteiger partial charge in [-0.2, -0.15) is 0 Å². The molecule has 0 fully saturated rings. The van der Waals surface area contributed by atoms with E-state index in [1.54, 1.807) is 32.3 Å². The molecule has 0 bridgehead atoms. The summed E-state index contributed by atoms with van der Waals surface area (Å²) >= 11 is 5.84. The number of hydrogen-bond donors (Lipinski definition) is 0. The average molecular weight is 214 g/mol. The molecule has 1 aromatic carbocycles. The first-order valence-electron chi connectivity index (χ1n) is 4.18. The fourth-order valence-electron chi connectivity index (χ4n) is 0.830. The number of amides is 1. The van der Waals surface area contributed by atoms with Crippen molar-refractivity contribution >= 4 is 17.5 Å². The summed E-state index contributed by atoms with van der Waals surface area (Å²) < 4.78 is 5.24. The highest BCUT2D eigenvalue weighted by Gasteiger charge is 2.06. The van der Waals surface area contributed by atoms with Crippen LogP contribution in [0, 0.1) is 0 Å². The Kier molecular flexibility index (Phi) is 3.77. The second-order valence-corrected chi connectivity index (χ2v) is 3.41. The van der Waals surface area contributed by atoms with E-state index in [1.165, 1.54) is 4.90 Å². The summed E-state index contributed by atoms with van der Waals surface area (Å²) in [6, 6.07) is 7.06. The number of benzene rings is 1. The number of likely N-dealkylation sites (N-methyl/N-ethyl adjacent to an activating group) is 1. The van der Waals surface area contributed by atoms with Crippen LogP contribution in [-0.2, 0) is 4.79 Å². The minimum atomic E-state index is -0.0927. The number of ether oxygens (including phenoxy) is 1. The van der Waals surface area contributed by atoms with Crippen molar-refractivity contribution in [3.05, 3.63) is 29.3 Å². The smallest absolute Gasteiger partial charge is 0.259 e. The maximum absolute atomic E-state index is 11.2. The molecular weight excluding hydrogens is 202 g/mol. The zero-order valence-corrected chi connectivity index (χ0v) is 8.91. The standard InChI is InChI=1S/C10H12ClNO2/c1-12(2)10(13)7-14-9-6-4-3-5-8(9)11/h3-6H,7H2,1-2H3. The monoisotopic (exact) mass is 213 g/mol. The molecule has 76 valence electrons. The summed E-state index contributed by atoms with van der Waals surface area (Å²) in [5.41, 5.74) is 0. The third-order valence-electron chi connectivity index (χ3n) is 1.69. The molecule has 4 heteroatoms. The molecule has 14 heavy (non-hydrogen) atoms. The molecule has 3 nitrogen and oxygen atoms in total. The highest BCUT2D eigenvalue weighted by Crippen LogP contribution is 2.22. The molecule has 0 N–H and O–H groups in total. The second-order valence-electron chi connectivity index (χ2n) is 3.01. The van der Waals surface area contributed by atoms with Gasteiger partial charge < -0.3 is 9.64 Å². The molecule has 0 saturated heterocycles. The predicted molar refractivity (Wildman–Crippen MR) is 55.6 cm³/mol. The van der Waals surface area contributed by atoms with E-state index in [2.05, 4.69) is 0 Å². The lowest BCUT2D eigenvalue weighted by Crippen LogP contribution is -2.27. The normalized spacial score (nSPS) is 9.64. The van der Waals surface area contributed by atoms with Crippen LogP contribution in [-0.4, -0.2) is 31.5 Å². The lowest BCUT2D eigenvalue weighted by atomic mass is 10.3. The van der Waals surface area contributed by atoms with Gasteiger partial charge in [-0.05, 0) is 12.1 Å². The van der Waals surface area contributed by atoms with Gasteiger partial charge in [-0.15, -0.1) is 0 Å². The topological polar surface area (TPSA) is 29.5 Å². The van der Waals surface area contributed by atoms with Crippen molar-refractivity contribution in [2.24, 2.45) is 0 Å². The average Bonchev–Trinajstić information content (AvgIpc) is 2.16. The van der Waals surface area contributed by atoms with E-state index in [0.29, 0.717) is 10.8 Å². The minimum Gasteiger partial charge on any atom is -0.482 e. The quantitative estimate of drug-likeness (QED) is 0.767. The number of para-hydroxylation sites is 1. The Balaban J connectivity index is 2.54. The molecule has 0 aliphatic rings. The molecule has 0 aliphatic carbocycles. The Hall–Kier alpha value is -1.22. The van der Waals surface area contributed by atoms with Crippen molar-refractivity contribution in [3.8, 4) is 5.75 Å². The molecule has 1 amide bonds. The van der Waals surface area contributed by atoms with Gasteiger partial charge in [0.2, 0.25) is 0 Å². The summed E-state index contributed by atoms with van der Waals surface area (Å²) in [5, 5.41) is 0.513. The highest BCUT2D eigenvalue weighted by molar-refractivity contribution is 6.32. The third kappa shape index (κ3) is 2.92. The van der Waals surface area contributed by atoms with Gasteiger partial charge in [0.05, 0.1) is 5.02 Å². The Labute approximate surface area is 88.2 Å². The molecule has 0 saturated carbocycles. The van der Waals surface area contributed by atoms with Gasteiger partial charge in [0, 0.05) is 14.1 Å². The number of rotatable bonds is 3. The van der Waals surface area contributed by atoms with Crippen LogP contribution in [0.25, 0.3) is 0 Å². The van der Waals surface area contributed by atoms with E-state index < -0.39 is 0 Å². The Morgan fingerprint density at radius 1 is 1.43 bits per heavy atom. The van der Waals surface area contributed by atoms with Gasteiger partial charge in [-0.1, -0.05) is 23.7 Å². The van der Waals surface area contributed by atoms with Gasteiger partial charge in [0.1, 0.15) is 5.75 Å². The maximum Gasteiger partial charge on any atom is 0.259 e. The van der Waals surface area contributed by atoms with Crippen LogP contribution in [0.1, 0.15) is 0 Å². The summed E-state index contributed by atoms with van der Waals surface area (Å²) in [4.78, 5) is 12.7. The Morgan fingerprint density at radius 2 is 2.07 bits per heavy atom. The molecule has 0 atom stereocenters. The maximum atomic E-state index is 11.2. The number of hydrogen-bond acceptors (Lipinski definition) is 2. The third-order valence-corrected chi connectivity index (χ3v) is 2.00. The molecule has 0 heterocycles. The largest absolute Gasteiger partial charge is 0.482 e. The summed E-state index contributed by atoms with van der Waals surface area (Å²) in [6.07, 6.45) is 0. The van der Waals surface area contributed by atoms with Gasteiger partial charge in [-0.3, -0.25) is 4.79 Å². The number of halogens is 1.